The van der Waals surface area contributed by atoms with E-state index in [0.29, 0.717) is 25.9 Å². The molecule has 1 fully saturated rings. The lowest BCUT2D eigenvalue weighted by Gasteiger charge is -2.33. The molecule has 0 spiro atoms. The zero-order valence-corrected chi connectivity index (χ0v) is 9.35. The summed E-state index contributed by atoms with van der Waals surface area (Å²) in [5.74, 6) is -1.65. The van der Waals surface area contributed by atoms with Crippen molar-refractivity contribution < 1.29 is 19.8 Å². The van der Waals surface area contributed by atoms with Crippen LogP contribution in [0, 0.1) is 5.92 Å². The lowest BCUT2D eigenvalue weighted by atomic mass is 9.95. The summed E-state index contributed by atoms with van der Waals surface area (Å²) in [6.07, 6.45) is 1.26. The van der Waals surface area contributed by atoms with Crippen LogP contribution in [0.3, 0.4) is 0 Å². The maximum Gasteiger partial charge on any atom is 0.336 e. The van der Waals surface area contributed by atoms with Gasteiger partial charge in [0.05, 0.1) is 0 Å². The molecule has 1 aliphatic rings. The number of likely N-dealkylation sites (tertiary alicyclic amines) is 1. The molecule has 0 aliphatic carbocycles. The van der Waals surface area contributed by atoms with Crippen molar-refractivity contribution in [2.45, 2.75) is 25.4 Å². The van der Waals surface area contributed by atoms with Crippen LogP contribution in [0.25, 0.3) is 0 Å². The second-order valence-corrected chi connectivity index (χ2v) is 4.53. The zero-order chi connectivity index (χ0) is 12.3. The van der Waals surface area contributed by atoms with E-state index in [-0.39, 0.29) is 18.4 Å². The highest BCUT2D eigenvalue weighted by atomic mass is 16.4. The quantitative estimate of drug-likeness (QED) is 0.576. The second-order valence-electron chi connectivity index (χ2n) is 4.53. The predicted octanol–water partition coefficient (Wildman–Crippen LogP) is -0.981. The average Bonchev–Trinajstić information content (AvgIpc) is 2.17. The summed E-state index contributed by atoms with van der Waals surface area (Å²) >= 11 is 0. The molecule has 0 aromatic rings. The second kappa shape index (κ2) is 4.80. The highest BCUT2D eigenvalue weighted by Gasteiger charge is 2.34. The first-order valence-corrected chi connectivity index (χ1v) is 5.30. The Kier molecular flexibility index (Phi) is 3.88. The average molecular weight is 230 g/mol. The molecule has 0 saturated carbocycles. The molecular weight excluding hydrogens is 212 g/mol. The molecule has 1 unspecified atom stereocenters. The summed E-state index contributed by atoms with van der Waals surface area (Å²) < 4.78 is 0. The normalized spacial score (nSPS) is 22.6. The fraction of sp³-hybridized carbons (Fsp3) is 0.800. The molecule has 16 heavy (non-hydrogen) atoms. The van der Waals surface area contributed by atoms with Gasteiger partial charge in [0.1, 0.15) is 0 Å². The van der Waals surface area contributed by atoms with Crippen LogP contribution >= 0.6 is 0 Å². The zero-order valence-electron chi connectivity index (χ0n) is 9.35. The number of carbonyl (C=O) groups is 2. The number of rotatable bonds is 4. The van der Waals surface area contributed by atoms with Gasteiger partial charge >= 0.3 is 5.97 Å². The number of carbonyl (C=O) groups excluding carboxylic acids is 1. The van der Waals surface area contributed by atoms with Gasteiger partial charge < -0.3 is 15.9 Å². The van der Waals surface area contributed by atoms with E-state index in [1.807, 2.05) is 4.90 Å². The van der Waals surface area contributed by atoms with Crippen LogP contribution in [-0.2, 0) is 9.59 Å². The Balaban J connectivity index is 2.43. The van der Waals surface area contributed by atoms with E-state index in [1.165, 1.54) is 6.92 Å². The Morgan fingerprint density at radius 1 is 1.44 bits per heavy atom. The molecule has 0 aromatic carbocycles. The molecular formula is C10H18N2O4. The number of piperidine rings is 1. The Morgan fingerprint density at radius 2 is 1.94 bits per heavy atom. The number of hydrogen-bond acceptors (Lipinski definition) is 4. The molecule has 6 heteroatoms. The van der Waals surface area contributed by atoms with E-state index in [4.69, 9.17) is 10.8 Å². The Bertz CT molecular complexity index is 283. The molecule has 1 atom stereocenters. The minimum atomic E-state index is -1.74. The third kappa shape index (κ3) is 3.18. The lowest BCUT2D eigenvalue weighted by Crippen LogP contribution is -2.49. The smallest absolute Gasteiger partial charge is 0.336 e. The van der Waals surface area contributed by atoms with Crippen LogP contribution in [-0.4, -0.2) is 52.2 Å². The monoisotopic (exact) mass is 230 g/mol. The molecule has 1 heterocycles. The standard InChI is InChI=1S/C10H18N2O4/c1-10(16,9(14)15)6-12-4-2-7(3-5-12)8(11)13/h7,16H,2-6H2,1H3,(H2,11,13)(H,14,15). The summed E-state index contributed by atoms with van der Waals surface area (Å²) in [7, 11) is 0. The van der Waals surface area contributed by atoms with E-state index in [0.717, 1.165) is 0 Å². The molecule has 1 rings (SSSR count). The molecule has 4 N–H and O–H groups in total. The van der Waals surface area contributed by atoms with Crippen LogP contribution < -0.4 is 5.73 Å². The maximum absolute atomic E-state index is 10.9. The van der Waals surface area contributed by atoms with Crippen molar-refractivity contribution in [3.8, 4) is 0 Å². The first-order valence-electron chi connectivity index (χ1n) is 5.30. The maximum atomic E-state index is 10.9. The number of carboxylic acid groups (broad SMARTS) is 1. The number of carboxylic acids is 1. The van der Waals surface area contributed by atoms with Gasteiger partial charge in [-0.2, -0.15) is 0 Å². The Hall–Kier alpha value is -1.14. The van der Waals surface area contributed by atoms with Crippen molar-refractivity contribution in [1.29, 1.82) is 0 Å². The van der Waals surface area contributed by atoms with Crippen molar-refractivity contribution in [3.63, 3.8) is 0 Å². The SMILES string of the molecule is CC(O)(CN1CCC(C(N)=O)CC1)C(=O)O. The van der Waals surface area contributed by atoms with Gasteiger partial charge in [0.25, 0.3) is 0 Å². The van der Waals surface area contributed by atoms with Gasteiger partial charge in [-0.15, -0.1) is 0 Å². The summed E-state index contributed by atoms with van der Waals surface area (Å²) in [6, 6.07) is 0. The molecule has 6 nitrogen and oxygen atoms in total. The molecule has 0 bridgehead atoms. The van der Waals surface area contributed by atoms with E-state index in [9.17, 15) is 14.7 Å². The van der Waals surface area contributed by atoms with Crippen LogP contribution in [0.5, 0.6) is 0 Å². The van der Waals surface area contributed by atoms with Crippen molar-refractivity contribution >= 4 is 11.9 Å². The first kappa shape index (κ1) is 12.9. The van der Waals surface area contributed by atoms with Crippen LogP contribution in [0.2, 0.25) is 0 Å². The minimum Gasteiger partial charge on any atom is -0.479 e. The Morgan fingerprint density at radius 3 is 2.31 bits per heavy atom. The van der Waals surface area contributed by atoms with Crippen molar-refractivity contribution in [2.75, 3.05) is 19.6 Å². The van der Waals surface area contributed by atoms with Gasteiger partial charge in [0.15, 0.2) is 5.60 Å². The summed E-state index contributed by atoms with van der Waals surface area (Å²) in [5, 5.41) is 18.3. The number of β-amino-alcohol motifs (C(OH)–C–C–N with tert-alkyl or cyclic N) is 1. The number of nitrogens with zero attached hydrogens (tertiary/aromatic N) is 1. The van der Waals surface area contributed by atoms with Gasteiger partial charge in [-0.25, -0.2) is 4.79 Å². The van der Waals surface area contributed by atoms with Crippen LogP contribution in [0.4, 0.5) is 0 Å². The largest absolute Gasteiger partial charge is 0.479 e. The summed E-state index contributed by atoms with van der Waals surface area (Å²) in [6.45, 7) is 2.54. The molecule has 1 amide bonds. The van der Waals surface area contributed by atoms with Gasteiger partial charge in [0, 0.05) is 12.5 Å². The van der Waals surface area contributed by atoms with E-state index in [1.54, 1.807) is 0 Å². The number of amides is 1. The van der Waals surface area contributed by atoms with Crippen LogP contribution in [0.1, 0.15) is 19.8 Å². The predicted molar refractivity (Wildman–Crippen MR) is 56.6 cm³/mol. The highest BCUT2D eigenvalue weighted by molar-refractivity contribution is 5.77. The van der Waals surface area contributed by atoms with E-state index >= 15 is 0 Å². The number of aliphatic hydroxyl groups is 1. The lowest BCUT2D eigenvalue weighted by molar-refractivity contribution is -0.159. The summed E-state index contributed by atoms with van der Waals surface area (Å²) in [5.41, 5.74) is 3.45. The minimum absolute atomic E-state index is 0.0772. The van der Waals surface area contributed by atoms with Crippen molar-refractivity contribution in [3.05, 3.63) is 0 Å². The highest BCUT2D eigenvalue weighted by Crippen LogP contribution is 2.18. The number of aliphatic carboxylic acids is 1. The van der Waals surface area contributed by atoms with E-state index < -0.39 is 11.6 Å². The third-order valence-corrected chi connectivity index (χ3v) is 2.98. The number of nitrogens with two attached hydrogens (primary N) is 1. The third-order valence-electron chi connectivity index (χ3n) is 2.98. The fourth-order valence-corrected chi connectivity index (χ4v) is 1.88. The topological polar surface area (TPSA) is 104 Å². The Labute approximate surface area is 94.0 Å². The van der Waals surface area contributed by atoms with Crippen LogP contribution in [0.15, 0.2) is 0 Å². The van der Waals surface area contributed by atoms with Gasteiger partial charge in [-0.1, -0.05) is 0 Å². The molecule has 92 valence electrons. The van der Waals surface area contributed by atoms with Gasteiger partial charge in [-0.05, 0) is 32.9 Å². The molecule has 0 radical (unpaired) electrons. The number of hydrogen-bond donors (Lipinski definition) is 3. The number of primary amides is 1. The van der Waals surface area contributed by atoms with Crippen molar-refractivity contribution in [1.82, 2.24) is 4.90 Å². The fourth-order valence-electron chi connectivity index (χ4n) is 1.88. The first-order chi connectivity index (χ1) is 7.33. The molecule has 1 saturated heterocycles. The van der Waals surface area contributed by atoms with Gasteiger partial charge in [-0.3, -0.25) is 9.69 Å². The van der Waals surface area contributed by atoms with Crippen molar-refractivity contribution in [2.24, 2.45) is 11.7 Å². The summed E-state index contributed by atoms with van der Waals surface area (Å²) in [4.78, 5) is 23.5. The van der Waals surface area contributed by atoms with E-state index in [2.05, 4.69) is 0 Å². The molecule has 1 aliphatic heterocycles. The van der Waals surface area contributed by atoms with Gasteiger partial charge in [0.2, 0.25) is 5.91 Å². The molecule has 0 aromatic heterocycles.